The Morgan fingerprint density at radius 3 is 2.44 bits per heavy atom. The zero-order chi connectivity index (χ0) is 16.7. The molecule has 0 N–H and O–H groups in total. The number of rotatable bonds is 1. The lowest BCUT2D eigenvalue weighted by Gasteiger charge is -2.46. The molecule has 25 heavy (non-hydrogen) atoms. The Kier molecular flexibility index (Phi) is 3.94. The Hall–Kier alpha value is -1.58. The minimum Gasteiger partial charge on any atom is -0.466 e. The van der Waals surface area contributed by atoms with Crippen LogP contribution in [0.25, 0.3) is 10.8 Å². The summed E-state index contributed by atoms with van der Waals surface area (Å²) in [5.41, 5.74) is 2.76. The van der Waals surface area contributed by atoms with Gasteiger partial charge in [-0.3, -0.25) is 0 Å². The predicted octanol–water partition coefficient (Wildman–Crippen LogP) is 6.08. The lowest BCUT2D eigenvalue weighted by molar-refractivity contribution is 0.199. The van der Waals surface area contributed by atoms with Crippen LogP contribution in [0.5, 0.6) is 5.75 Å². The summed E-state index contributed by atoms with van der Waals surface area (Å²) >= 11 is 4.00. The lowest BCUT2D eigenvalue weighted by Crippen LogP contribution is -2.42. The summed E-state index contributed by atoms with van der Waals surface area (Å²) in [6.07, 6.45) is 2.31. The van der Waals surface area contributed by atoms with Gasteiger partial charge in [-0.25, -0.2) is 0 Å². The van der Waals surface area contributed by atoms with Gasteiger partial charge in [-0.05, 0) is 46.7 Å². The number of fused-ring (bicyclic) bond motifs is 3. The second kappa shape index (κ2) is 6.30. The highest BCUT2D eigenvalue weighted by atomic mass is 32.2. The van der Waals surface area contributed by atoms with Gasteiger partial charge in [0.15, 0.2) is 0 Å². The van der Waals surface area contributed by atoms with E-state index in [1.807, 2.05) is 23.5 Å². The first-order valence-corrected chi connectivity index (χ1v) is 10.9. The molecule has 1 nitrogen and oxygen atoms in total. The highest BCUT2D eigenvalue weighted by Crippen LogP contribution is 2.57. The fraction of sp³-hybridized carbons (Fsp3) is 0.273. The van der Waals surface area contributed by atoms with Gasteiger partial charge in [0, 0.05) is 11.5 Å². The molecule has 1 spiro atoms. The van der Waals surface area contributed by atoms with Crippen LogP contribution >= 0.6 is 23.5 Å². The standard InChI is InChI=1S/C22H20OS2/c1-2-8-17(9-3-1)20-15-19-18-10-5-4-7-16(18)11-12-21(19)23-22(20)24-13-6-14-25-22/h1-5,7-12,20H,6,13-15H2/t20-/m0/s1. The molecule has 0 unspecified atom stereocenters. The molecule has 1 fully saturated rings. The van der Waals surface area contributed by atoms with Gasteiger partial charge in [0.1, 0.15) is 5.75 Å². The number of hydrogen-bond donors (Lipinski definition) is 0. The Morgan fingerprint density at radius 1 is 0.840 bits per heavy atom. The monoisotopic (exact) mass is 364 g/mol. The molecule has 0 aromatic heterocycles. The lowest BCUT2D eigenvalue weighted by atomic mass is 9.87. The molecule has 0 aliphatic carbocycles. The minimum atomic E-state index is -0.185. The van der Waals surface area contributed by atoms with E-state index >= 15 is 0 Å². The molecule has 3 aromatic rings. The maximum Gasteiger partial charge on any atom is 0.208 e. The number of hydrogen-bond acceptors (Lipinski definition) is 3. The summed E-state index contributed by atoms with van der Waals surface area (Å²) in [5, 5.41) is 2.64. The molecule has 3 aromatic carbocycles. The van der Waals surface area contributed by atoms with Crippen LogP contribution in [-0.2, 0) is 6.42 Å². The van der Waals surface area contributed by atoms with Crippen molar-refractivity contribution in [1.29, 1.82) is 0 Å². The van der Waals surface area contributed by atoms with E-state index in [4.69, 9.17) is 4.74 Å². The van der Waals surface area contributed by atoms with E-state index in [0.29, 0.717) is 5.92 Å². The van der Waals surface area contributed by atoms with Crippen LogP contribution in [0, 0.1) is 0 Å². The number of ether oxygens (including phenoxy) is 1. The third-order valence-electron chi connectivity index (χ3n) is 5.18. The van der Waals surface area contributed by atoms with Gasteiger partial charge >= 0.3 is 0 Å². The summed E-state index contributed by atoms with van der Waals surface area (Å²) in [6.45, 7) is 0. The smallest absolute Gasteiger partial charge is 0.208 e. The third kappa shape index (κ3) is 2.65. The largest absolute Gasteiger partial charge is 0.466 e. The summed E-state index contributed by atoms with van der Waals surface area (Å²) in [7, 11) is 0. The highest BCUT2D eigenvalue weighted by Gasteiger charge is 2.48. The molecule has 2 aliphatic rings. The van der Waals surface area contributed by atoms with Gasteiger partial charge in [-0.1, -0.05) is 60.7 Å². The third-order valence-corrected chi connectivity index (χ3v) is 8.42. The van der Waals surface area contributed by atoms with E-state index in [1.54, 1.807) is 0 Å². The first-order valence-electron chi connectivity index (χ1n) is 8.88. The van der Waals surface area contributed by atoms with Crippen LogP contribution in [0.4, 0.5) is 0 Å². The van der Waals surface area contributed by atoms with Crippen LogP contribution in [0.3, 0.4) is 0 Å². The van der Waals surface area contributed by atoms with Crippen molar-refractivity contribution in [3.63, 3.8) is 0 Å². The van der Waals surface area contributed by atoms with Crippen LogP contribution in [0.1, 0.15) is 23.5 Å². The van der Waals surface area contributed by atoms with Crippen molar-refractivity contribution < 1.29 is 4.74 Å². The van der Waals surface area contributed by atoms with Crippen molar-refractivity contribution in [2.24, 2.45) is 0 Å². The molecule has 2 heterocycles. The van der Waals surface area contributed by atoms with Gasteiger partial charge in [-0.15, -0.1) is 23.5 Å². The van der Waals surface area contributed by atoms with Crippen molar-refractivity contribution in [3.05, 3.63) is 77.9 Å². The Bertz CT molecular complexity index is 900. The Morgan fingerprint density at radius 2 is 1.60 bits per heavy atom. The fourth-order valence-electron chi connectivity index (χ4n) is 3.97. The van der Waals surface area contributed by atoms with E-state index in [-0.39, 0.29) is 4.27 Å². The zero-order valence-corrected chi connectivity index (χ0v) is 15.6. The van der Waals surface area contributed by atoms with E-state index in [0.717, 1.165) is 12.2 Å². The average molecular weight is 365 g/mol. The van der Waals surface area contributed by atoms with Gasteiger partial charge in [-0.2, -0.15) is 0 Å². The van der Waals surface area contributed by atoms with Crippen LogP contribution in [-0.4, -0.2) is 15.8 Å². The first kappa shape index (κ1) is 15.7. The Balaban J connectivity index is 1.68. The SMILES string of the molecule is c1ccc([C@@H]2Cc3c(ccc4ccccc34)OC23SCCCS3)cc1. The maximum absolute atomic E-state index is 6.76. The predicted molar refractivity (Wildman–Crippen MR) is 110 cm³/mol. The van der Waals surface area contributed by atoms with Crippen LogP contribution in [0.15, 0.2) is 66.7 Å². The summed E-state index contributed by atoms with van der Waals surface area (Å²) in [5.74, 6) is 3.81. The van der Waals surface area contributed by atoms with E-state index < -0.39 is 0 Å². The number of benzene rings is 3. The van der Waals surface area contributed by atoms with Crippen LogP contribution < -0.4 is 4.74 Å². The second-order valence-corrected chi connectivity index (χ2v) is 9.55. The molecule has 3 heteroatoms. The van der Waals surface area contributed by atoms with Gasteiger partial charge in [0.05, 0.1) is 0 Å². The zero-order valence-electron chi connectivity index (χ0n) is 14.0. The van der Waals surface area contributed by atoms with Crippen molar-refractivity contribution in [3.8, 4) is 5.75 Å². The Labute approximate surface area is 157 Å². The molecule has 0 saturated carbocycles. The summed E-state index contributed by atoms with van der Waals surface area (Å²) in [6, 6.07) is 24.0. The highest BCUT2D eigenvalue weighted by molar-refractivity contribution is 8.18. The quantitative estimate of drug-likeness (QED) is 0.518. The van der Waals surface area contributed by atoms with Crippen molar-refractivity contribution in [2.75, 3.05) is 11.5 Å². The minimum absolute atomic E-state index is 0.185. The topological polar surface area (TPSA) is 9.23 Å². The van der Waals surface area contributed by atoms with E-state index in [9.17, 15) is 0 Å². The van der Waals surface area contributed by atoms with Gasteiger partial charge in [0.25, 0.3) is 0 Å². The number of thioether (sulfide) groups is 2. The van der Waals surface area contributed by atoms with E-state index in [2.05, 4.69) is 66.7 Å². The summed E-state index contributed by atoms with van der Waals surface area (Å²) < 4.78 is 6.58. The maximum atomic E-state index is 6.76. The molecule has 0 amide bonds. The van der Waals surface area contributed by atoms with Crippen LogP contribution in [0.2, 0.25) is 0 Å². The molecule has 0 radical (unpaired) electrons. The average Bonchev–Trinajstić information content (AvgIpc) is 2.68. The molecule has 5 rings (SSSR count). The van der Waals surface area contributed by atoms with Crippen molar-refractivity contribution >= 4 is 34.3 Å². The van der Waals surface area contributed by atoms with Gasteiger partial charge < -0.3 is 4.74 Å². The van der Waals surface area contributed by atoms with Crippen molar-refractivity contribution in [2.45, 2.75) is 23.0 Å². The van der Waals surface area contributed by atoms with Crippen molar-refractivity contribution in [1.82, 2.24) is 0 Å². The molecule has 1 atom stereocenters. The van der Waals surface area contributed by atoms with E-state index in [1.165, 1.54) is 39.8 Å². The first-order chi connectivity index (χ1) is 12.4. The second-order valence-electron chi connectivity index (χ2n) is 6.69. The molecule has 2 aliphatic heterocycles. The molecule has 126 valence electrons. The normalized spacial score (nSPS) is 21.7. The molecule has 0 bridgehead atoms. The summed E-state index contributed by atoms with van der Waals surface area (Å²) in [4.78, 5) is 0. The molecule has 1 saturated heterocycles. The van der Waals surface area contributed by atoms with Gasteiger partial charge in [0.2, 0.25) is 4.27 Å². The fourth-order valence-corrected chi connectivity index (χ4v) is 7.27. The molecular formula is C22H20OS2. The molecular weight excluding hydrogens is 344 g/mol.